The molecule has 0 saturated heterocycles. The van der Waals surface area contributed by atoms with Crippen LogP contribution in [-0.4, -0.2) is 30.4 Å². The van der Waals surface area contributed by atoms with Gasteiger partial charge in [-0.05, 0) is 43.3 Å². The van der Waals surface area contributed by atoms with Gasteiger partial charge in [0, 0.05) is 23.6 Å². The SMILES string of the molecule is CC(Oc1ccccc1F)C(=O)NNC(=O)CCNC(=O)c1ccc(Cl)cc1. The molecule has 0 radical (unpaired) electrons. The van der Waals surface area contributed by atoms with Gasteiger partial charge in [0.15, 0.2) is 17.7 Å². The molecule has 3 N–H and O–H groups in total. The third kappa shape index (κ3) is 6.55. The third-order valence-electron chi connectivity index (χ3n) is 3.58. The first-order valence-electron chi connectivity index (χ1n) is 8.40. The molecule has 28 heavy (non-hydrogen) atoms. The van der Waals surface area contributed by atoms with Crippen LogP contribution in [0.2, 0.25) is 5.02 Å². The number of para-hydroxylation sites is 1. The predicted molar refractivity (Wildman–Crippen MR) is 101 cm³/mol. The Morgan fingerprint density at radius 1 is 1.07 bits per heavy atom. The highest BCUT2D eigenvalue weighted by Gasteiger charge is 2.17. The van der Waals surface area contributed by atoms with E-state index in [0.29, 0.717) is 10.6 Å². The van der Waals surface area contributed by atoms with Crippen LogP contribution in [0.4, 0.5) is 4.39 Å². The fourth-order valence-electron chi connectivity index (χ4n) is 2.07. The van der Waals surface area contributed by atoms with Crippen molar-refractivity contribution in [1.82, 2.24) is 16.2 Å². The maximum atomic E-state index is 13.5. The van der Waals surface area contributed by atoms with Crippen molar-refractivity contribution in [2.24, 2.45) is 0 Å². The van der Waals surface area contributed by atoms with E-state index < -0.39 is 23.7 Å². The summed E-state index contributed by atoms with van der Waals surface area (Å²) >= 11 is 5.75. The summed E-state index contributed by atoms with van der Waals surface area (Å²) in [5.74, 6) is -2.17. The maximum absolute atomic E-state index is 13.5. The second kappa shape index (κ2) is 10.3. The lowest BCUT2D eigenvalue weighted by atomic mass is 10.2. The minimum atomic E-state index is -1.03. The molecule has 0 aromatic heterocycles. The van der Waals surface area contributed by atoms with Crippen LogP contribution in [0.5, 0.6) is 5.75 Å². The van der Waals surface area contributed by atoms with Crippen LogP contribution >= 0.6 is 11.6 Å². The van der Waals surface area contributed by atoms with Gasteiger partial charge in [0.25, 0.3) is 11.8 Å². The second-order valence-electron chi connectivity index (χ2n) is 5.74. The third-order valence-corrected chi connectivity index (χ3v) is 3.83. The van der Waals surface area contributed by atoms with Crippen molar-refractivity contribution < 1.29 is 23.5 Å². The largest absolute Gasteiger partial charge is 0.478 e. The van der Waals surface area contributed by atoms with Gasteiger partial charge >= 0.3 is 0 Å². The first-order chi connectivity index (χ1) is 13.4. The van der Waals surface area contributed by atoms with Gasteiger partial charge in [0.1, 0.15) is 0 Å². The van der Waals surface area contributed by atoms with Gasteiger partial charge in [-0.15, -0.1) is 0 Å². The number of halogens is 2. The molecule has 0 heterocycles. The van der Waals surface area contributed by atoms with E-state index >= 15 is 0 Å². The summed E-state index contributed by atoms with van der Waals surface area (Å²) in [5.41, 5.74) is 4.80. The molecule has 1 unspecified atom stereocenters. The molecule has 0 bridgehead atoms. The molecule has 9 heteroatoms. The number of hydrogen-bond donors (Lipinski definition) is 3. The molecule has 0 aliphatic carbocycles. The Kier molecular flexibility index (Phi) is 7.76. The number of carbonyl (C=O) groups is 3. The molecular formula is C19H19ClFN3O4. The maximum Gasteiger partial charge on any atom is 0.279 e. The number of benzene rings is 2. The number of amides is 3. The van der Waals surface area contributed by atoms with Gasteiger partial charge in [0.05, 0.1) is 0 Å². The molecule has 1 atom stereocenters. The van der Waals surface area contributed by atoms with E-state index in [-0.39, 0.29) is 24.6 Å². The van der Waals surface area contributed by atoms with Crippen molar-refractivity contribution in [1.29, 1.82) is 0 Å². The minimum Gasteiger partial charge on any atom is -0.478 e. The summed E-state index contributed by atoms with van der Waals surface area (Å²) < 4.78 is 18.7. The number of ether oxygens (including phenoxy) is 1. The molecule has 0 aliphatic rings. The fraction of sp³-hybridized carbons (Fsp3) is 0.211. The summed E-state index contributed by atoms with van der Waals surface area (Å²) in [5, 5.41) is 3.09. The Balaban J connectivity index is 1.68. The van der Waals surface area contributed by atoms with Crippen molar-refractivity contribution in [3.8, 4) is 5.75 Å². The lowest BCUT2D eigenvalue weighted by Gasteiger charge is -2.15. The topological polar surface area (TPSA) is 96.5 Å². The van der Waals surface area contributed by atoms with Gasteiger partial charge in [0.2, 0.25) is 5.91 Å². The molecule has 0 fully saturated rings. The molecule has 2 rings (SSSR count). The number of carbonyl (C=O) groups excluding carboxylic acids is 3. The zero-order valence-electron chi connectivity index (χ0n) is 15.0. The Bertz CT molecular complexity index is 845. The molecule has 7 nitrogen and oxygen atoms in total. The van der Waals surface area contributed by atoms with Gasteiger partial charge in [-0.25, -0.2) is 4.39 Å². The van der Waals surface area contributed by atoms with Gasteiger partial charge in [-0.2, -0.15) is 0 Å². The van der Waals surface area contributed by atoms with Crippen LogP contribution in [0.25, 0.3) is 0 Å². The Labute approximate surface area is 166 Å². The average Bonchev–Trinajstić information content (AvgIpc) is 2.68. The standard InChI is InChI=1S/C19H19ClFN3O4/c1-12(28-16-5-3-2-4-15(16)21)18(26)24-23-17(25)10-11-22-19(27)13-6-8-14(20)9-7-13/h2-9,12H,10-11H2,1H3,(H,22,27)(H,23,25)(H,24,26). The molecule has 0 saturated carbocycles. The van der Waals surface area contributed by atoms with E-state index in [4.69, 9.17) is 16.3 Å². The number of hydrogen-bond acceptors (Lipinski definition) is 4. The van der Waals surface area contributed by atoms with E-state index in [1.807, 2.05) is 0 Å². The lowest BCUT2D eigenvalue weighted by Crippen LogP contribution is -2.47. The summed E-state index contributed by atoms with van der Waals surface area (Å²) in [6, 6.07) is 12.0. The summed E-state index contributed by atoms with van der Waals surface area (Å²) in [7, 11) is 0. The lowest BCUT2D eigenvalue weighted by molar-refractivity contribution is -0.132. The molecule has 148 valence electrons. The Morgan fingerprint density at radius 3 is 2.43 bits per heavy atom. The first kappa shape index (κ1) is 21.2. The quantitative estimate of drug-likeness (QED) is 0.613. The average molecular weight is 408 g/mol. The van der Waals surface area contributed by atoms with Crippen LogP contribution in [0, 0.1) is 5.82 Å². The van der Waals surface area contributed by atoms with Gasteiger partial charge in [-0.3, -0.25) is 25.2 Å². The van der Waals surface area contributed by atoms with Crippen molar-refractivity contribution in [3.63, 3.8) is 0 Å². The monoisotopic (exact) mass is 407 g/mol. The molecule has 2 aromatic carbocycles. The Hall–Kier alpha value is -3.13. The van der Waals surface area contributed by atoms with E-state index in [1.165, 1.54) is 25.1 Å². The number of nitrogens with one attached hydrogen (secondary N) is 3. The molecule has 2 aromatic rings. The second-order valence-corrected chi connectivity index (χ2v) is 6.18. The number of hydrazine groups is 1. The summed E-state index contributed by atoms with van der Waals surface area (Å²) in [6.07, 6.45) is -1.08. The van der Waals surface area contributed by atoms with Crippen LogP contribution in [0.15, 0.2) is 48.5 Å². The van der Waals surface area contributed by atoms with Crippen LogP contribution in [-0.2, 0) is 9.59 Å². The smallest absolute Gasteiger partial charge is 0.279 e. The predicted octanol–water partition coefficient (Wildman–Crippen LogP) is 2.21. The van der Waals surface area contributed by atoms with Crippen LogP contribution in [0.1, 0.15) is 23.7 Å². The normalized spacial score (nSPS) is 11.2. The minimum absolute atomic E-state index is 0.0534. The van der Waals surface area contributed by atoms with E-state index in [0.717, 1.165) is 0 Å². The zero-order chi connectivity index (χ0) is 20.5. The highest BCUT2D eigenvalue weighted by Crippen LogP contribution is 2.16. The van der Waals surface area contributed by atoms with Gasteiger partial charge in [-0.1, -0.05) is 23.7 Å². The highest BCUT2D eigenvalue weighted by atomic mass is 35.5. The number of rotatable bonds is 7. The molecule has 0 aliphatic heterocycles. The zero-order valence-corrected chi connectivity index (χ0v) is 15.8. The van der Waals surface area contributed by atoms with Crippen molar-refractivity contribution in [2.45, 2.75) is 19.4 Å². The van der Waals surface area contributed by atoms with Crippen molar-refractivity contribution in [3.05, 3.63) is 64.9 Å². The first-order valence-corrected chi connectivity index (χ1v) is 8.78. The Morgan fingerprint density at radius 2 is 1.75 bits per heavy atom. The fourth-order valence-corrected chi connectivity index (χ4v) is 2.20. The van der Waals surface area contributed by atoms with E-state index in [9.17, 15) is 18.8 Å². The molecule has 0 spiro atoms. The van der Waals surface area contributed by atoms with Crippen LogP contribution in [0.3, 0.4) is 0 Å². The molecular weight excluding hydrogens is 389 g/mol. The summed E-state index contributed by atoms with van der Waals surface area (Å²) in [4.78, 5) is 35.5. The summed E-state index contributed by atoms with van der Waals surface area (Å²) in [6.45, 7) is 1.49. The molecule has 3 amide bonds. The van der Waals surface area contributed by atoms with E-state index in [2.05, 4.69) is 16.2 Å². The van der Waals surface area contributed by atoms with Gasteiger partial charge < -0.3 is 10.1 Å². The van der Waals surface area contributed by atoms with Crippen molar-refractivity contribution >= 4 is 29.3 Å². The van der Waals surface area contributed by atoms with E-state index in [1.54, 1.807) is 30.3 Å². The highest BCUT2D eigenvalue weighted by molar-refractivity contribution is 6.30. The van der Waals surface area contributed by atoms with Crippen molar-refractivity contribution in [2.75, 3.05) is 6.54 Å². The van der Waals surface area contributed by atoms with Crippen LogP contribution < -0.4 is 20.9 Å².